The van der Waals surface area contributed by atoms with Gasteiger partial charge in [-0.05, 0) is 69.0 Å². The summed E-state index contributed by atoms with van der Waals surface area (Å²) in [5, 5.41) is 0.681. The molecular formula is C25H26ClF3N2O. The molecule has 1 saturated carbocycles. The van der Waals surface area contributed by atoms with E-state index in [-0.39, 0.29) is 18.3 Å². The van der Waals surface area contributed by atoms with Crippen LogP contribution < -0.4 is 4.74 Å². The van der Waals surface area contributed by atoms with E-state index in [9.17, 15) is 13.2 Å². The van der Waals surface area contributed by atoms with Crippen molar-refractivity contribution in [3.8, 4) is 28.4 Å². The van der Waals surface area contributed by atoms with Crippen LogP contribution in [0.1, 0.15) is 38.3 Å². The van der Waals surface area contributed by atoms with Gasteiger partial charge in [-0.2, -0.15) is 13.2 Å². The fraction of sp³-hybridized carbons (Fsp3) is 0.400. The first kappa shape index (κ1) is 22.7. The number of hydrogen-bond donors (Lipinski definition) is 1. The molecule has 0 radical (unpaired) electrons. The van der Waals surface area contributed by atoms with E-state index < -0.39 is 12.1 Å². The Morgan fingerprint density at radius 2 is 1.62 bits per heavy atom. The van der Waals surface area contributed by atoms with Gasteiger partial charge in [0.1, 0.15) is 11.6 Å². The standard InChI is InChI=1S/C25H26ClF3N2O/c1-16-22(17-3-7-20(26)8-4-17)31-23(30-16)18-5-9-21(10-6-18)32-15-24(2)13-11-19(12-14-24)25(27,28)29/h3-10,19H,11-15H2,1-2H3,(H,30,31). The minimum atomic E-state index is -4.09. The molecule has 4 rings (SSSR count). The molecule has 170 valence electrons. The van der Waals surface area contributed by atoms with Gasteiger partial charge in [-0.1, -0.05) is 30.7 Å². The SMILES string of the molecule is Cc1[nH]c(-c2ccc(OCC3(C)CCC(C(F)(F)F)CC3)cc2)nc1-c1ccc(Cl)cc1. The highest BCUT2D eigenvalue weighted by atomic mass is 35.5. The van der Waals surface area contributed by atoms with Crippen LogP contribution in [0, 0.1) is 18.3 Å². The van der Waals surface area contributed by atoms with Crippen molar-refractivity contribution in [3.05, 3.63) is 59.2 Å². The number of alkyl halides is 3. The lowest BCUT2D eigenvalue weighted by Gasteiger charge is -2.37. The van der Waals surface area contributed by atoms with Gasteiger partial charge in [0.15, 0.2) is 0 Å². The van der Waals surface area contributed by atoms with Gasteiger partial charge in [0.25, 0.3) is 0 Å². The molecule has 0 aliphatic heterocycles. The van der Waals surface area contributed by atoms with Crippen molar-refractivity contribution in [2.75, 3.05) is 6.61 Å². The Morgan fingerprint density at radius 1 is 1.03 bits per heavy atom. The Labute approximate surface area is 191 Å². The lowest BCUT2D eigenvalue weighted by atomic mass is 9.72. The van der Waals surface area contributed by atoms with E-state index >= 15 is 0 Å². The zero-order valence-corrected chi connectivity index (χ0v) is 18.9. The number of H-pyrrole nitrogens is 1. The molecule has 3 nitrogen and oxygen atoms in total. The smallest absolute Gasteiger partial charge is 0.391 e. The Bertz CT molecular complexity index is 1050. The van der Waals surface area contributed by atoms with Crippen LogP contribution in [0.25, 0.3) is 22.6 Å². The van der Waals surface area contributed by atoms with E-state index in [2.05, 4.69) is 4.98 Å². The maximum Gasteiger partial charge on any atom is 0.391 e. The minimum absolute atomic E-state index is 0.177. The van der Waals surface area contributed by atoms with Crippen molar-refractivity contribution in [2.24, 2.45) is 11.3 Å². The Kier molecular flexibility index (Phi) is 6.26. The number of hydrogen-bond acceptors (Lipinski definition) is 2. The molecule has 1 aliphatic rings. The van der Waals surface area contributed by atoms with Crippen molar-refractivity contribution < 1.29 is 17.9 Å². The molecule has 1 N–H and O–H groups in total. The fourth-order valence-electron chi connectivity index (χ4n) is 4.24. The van der Waals surface area contributed by atoms with Crippen LogP contribution in [0.4, 0.5) is 13.2 Å². The molecule has 0 atom stereocenters. The van der Waals surface area contributed by atoms with Crippen molar-refractivity contribution in [2.45, 2.75) is 45.7 Å². The third kappa shape index (κ3) is 5.12. The Balaban J connectivity index is 1.39. The fourth-order valence-corrected chi connectivity index (χ4v) is 4.36. The van der Waals surface area contributed by atoms with Crippen LogP contribution >= 0.6 is 11.6 Å². The number of nitrogens with zero attached hydrogens (tertiary/aromatic N) is 1. The molecule has 0 unspecified atom stereocenters. The largest absolute Gasteiger partial charge is 0.493 e. The number of benzene rings is 2. The third-order valence-corrected chi connectivity index (χ3v) is 6.63. The van der Waals surface area contributed by atoms with Gasteiger partial charge < -0.3 is 9.72 Å². The first-order chi connectivity index (χ1) is 15.1. The summed E-state index contributed by atoms with van der Waals surface area (Å²) in [4.78, 5) is 8.06. The lowest BCUT2D eigenvalue weighted by molar-refractivity contribution is -0.187. The molecule has 1 heterocycles. The second-order valence-corrected chi connectivity index (χ2v) is 9.44. The number of aryl methyl sites for hydroxylation is 1. The van der Waals surface area contributed by atoms with Crippen LogP contribution in [-0.2, 0) is 0 Å². The van der Waals surface area contributed by atoms with Gasteiger partial charge in [0, 0.05) is 27.3 Å². The average Bonchev–Trinajstić information content (AvgIpc) is 3.14. The van der Waals surface area contributed by atoms with E-state index in [1.807, 2.05) is 62.4 Å². The quantitative estimate of drug-likeness (QED) is 0.419. The number of rotatable bonds is 5. The maximum atomic E-state index is 12.9. The molecule has 0 saturated heterocycles. The molecule has 2 aromatic carbocycles. The molecule has 1 aromatic heterocycles. The van der Waals surface area contributed by atoms with Crippen molar-refractivity contribution in [1.29, 1.82) is 0 Å². The Morgan fingerprint density at radius 3 is 2.22 bits per heavy atom. The highest BCUT2D eigenvalue weighted by Gasteiger charge is 2.44. The van der Waals surface area contributed by atoms with Crippen LogP contribution in [0.15, 0.2) is 48.5 Å². The summed E-state index contributed by atoms with van der Waals surface area (Å²) in [6, 6.07) is 15.2. The normalized spacial score (nSPS) is 21.5. The maximum absolute atomic E-state index is 12.9. The van der Waals surface area contributed by atoms with Crippen LogP contribution in [0.2, 0.25) is 5.02 Å². The Hall–Kier alpha value is -2.47. The number of halogens is 4. The second kappa shape index (κ2) is 8.81. The zero-order chi connectivity index (χ0) is 22.9. The molecule has 1 aliphatic carbocycles. The molecule has 0 amide bonds. The first-order valence-corrected chi connectivity index (χ1v) is 11.1. The van der Waals surface area contributed by atoms with Crippen LogP contribution in [0.3, 0.4) is 0 Å². The van der Waals surface area contributed by atoms with Crippen LogP contribution in [0.5, 0.6) is 5.75 Å². The highest BCUT2D eigenvalue weighted by molar-refractivity contribution is 6.30. The predicted molar refractivity (Wildman–Crippen MR) is 121 cm³/mol. The summed E-state index contributed by atoms with van der Waals surface area (Å²) >= 11 is 5.98. The van der Waals surface area contributed by atoms with Gasteiger partial charge >= 0.3 is 6.18 Å². The van der Waals surface area contributed by atoms with E-state index in [1.165, 1.54) is 0 Å². The average molecular weight is 463 g/mol. The summed E-state index contributed by atoms with van der Waals surface area (Å²) in [6.07, 6.45) is -2.69. The number of aromatic amines is 1. The first-order valence-electron chi connectivity index (χ1n) is 10.8. The third-order valence-electron chi connectivity index (χ3n) is 6.37. The molecule has 32 heavy (non-hydrogen) atoms. The molecule has 0 bridgehead atoms. The zero-order valence-electron chi connectivity index (χ0n) is 18.1. The number of imidazole rings is 1. The monoisotopic (exact) mass is 462 g/mol. The summed E-state index contributed by atoms with van der Waals surface area (Å²) in [5.41, 5.74) is 3.52. The van der Waals surface area contributed by atoms with Crippen molar-refractivity contribution in [3.63, 3.8) is 0 Å². The molecule has 7 heteroatoms. The van der Waals surface area contributed by atoms with Gasteiger partial charge in [-0.15, -0.1) is 0 Å². The van der Waals surface area contributed by atoms with E-state index in [0.717, 1.165) is 28.3 Å². The summed E-state index contributed by atoms with van der Waals surface area (Å²) in [6.45, 7) is 4.40. The number of nitrogens with one attached hydrogen (secondary N) is 1. The lowest BCUT2D eigenvalue weighted by Crippen LogP contribution is -2.35. The molecule has 0 spiro atoms. The predicted octanol–water partition coefficient (Wildman–Crippen LogP) is 7.84. The van der Waals surface area contributed by atoms with E-state index in [1.54, 1.807) is 0 Å². The summed E-state index contributed by atoms with van der Waals surface area (Å²) in [5.74, 6) is 0.287. The summed E-state index contributed by atoms with van der Waals surface area (Å²) in [7, 11) is 0. The highest BCUT2D eigenvalue weighted by Crippen LogP contribution is 2.45. The number of ether oxygens (including phenoxy) is 1. The molecule has 3 aromatic rings. The van der Waals surface area contributed by atoms with Gasteiger partial charge in [0.2, 0.25) is 0 Å². The molecule has 1 fully saturated rings. The summed E-state index contributed by atoms with van der Waals surface area (Å²) < 4.78 is 44.7. The van der Waals surface area contributed by atoms with Crippen molar-refractivity contribution in [1.82, 2.24) is 9.97 Å². The van der Waals surface area contributed by atoms with Crippen LogP contribution in [-0.4, -0.2) is 22.8 Å². The van der Waals surface area contributed by atoms with Crippen molar-refractivity contribution >= 4 is 11.6 Å². The van der Waals surface area contributed by atoms with E-state index in [4.69, 9.17) is 21.3 Å². The van der Waals surface area contributed by atoms with Gasteiger partial charge in [-0.3, -0.25) is 0 Å². The minimum Gasteiger partial charge on any atom is -0.493 e. The van der Waals surface area contributed by atoms with Gasteiger partial charge in [-0.25, -0.2) is 4.98 Å². The van der Waals surface area contributed by atoms with E-state index in [0.29, 0.717) is 30.2 Å². The molecular weight excluding hydrogens is 437 g/mol. The topological polar surface area (TPSA) is 37.9 Å². The van der Waals surface area contributed by atoms with Gasteiger partial charge in [0.05, 0.1) is 18.2 Å². The number of aromatic nitrogens is 2. The second-order valence-electron chi connectivity index (χ2n) is 9.01.